The molecule has 1 unspecified atom stereocenters. The number of nitrogens with one attached hydrogen (secondary N) is 1. The van der Waals surface area contributed by atoms with Crippen molar-refractivity contribution in [2.24, 2.45) is 0 Å². The van der Waals surface area contributed by atoms with Gasteiger partial charge in [-0.3, -0.25) is 0 Å². The van der Waals surface area contributed by atoms with Crippen LogP contribution in [0, 0.1) is 0 Å². The van der Waals surface area contributed by atoms with Gasteiger partial charge in [0.1, 0.15) is 5.60 Å². The number of alkyl carbamates (subject to hydrolysis) is 1. The summed E-state index contributed by atoms with van der Waals surface area (Å²) < 4.78 is 6.89. The SMILES string of the molecule is CC(C)(C)OC(=O)NC(C(=O)O)c1cncn1C1CC1. The van der Waals surface area contributed by atoms with Gasteiger partial charge in [-0.05, 0) is 33.6 Å². The quantitative estimate of drug-likeness (QED) is 0.878. The van der Waals surface area contributed by atoms with E-state index >= 15 is 0 Å². The van der Waals surface area contributed by atoms with Crippen molar-refractivity contribution in [1.29, 1.82) is 0 Å². The van der Waals surface area contributed by atoms with E-state index < -0.39 is 23.7 Å². The number of imidazole rings is 1. The lowest BCUT2D eigenvalue weighted by molar-refractivity contribution is -0.139. The van der Waals surface area contributed by atoms with Crippen LogP contribution in [0.2, 0.25) is 0 Å². The lowest BCUT2D eigenvalue weighted by Crippen LogP contribution is -2.38. The van der Waals surface area contributed by atoms with Crippen molar-refractivity contribution in [2.45, 2.75) is 51.3 Å². The van der Waals surface area contributed by atoms with E-state index in [4.69, 9.17) is 4.74 Å². The Morgan fingerprint density at radius 2 is 2.15 bits per heavy atom. The number of aliphatic carboxylic acids is 1. The minimum atomic E-state index is -1.16. The number of hydrogen-bond acceptors (Lipinski definition) is 4. The van der Waals surface area contributed by atoms with Crippen LogP contribution in [0.5, 0.6) is 0 Å². The molecule has 1 amide bonds. The molecular formula is C13H19N3O4. The zero-order chi connectivity index (χ0) is 14.9. The number of rotatable bonds is 4. The molecule has 1 aliphatic rings. The van der Waals surface area contributed by atoms with Crippen LogP contribution in [0.15, 0.2) is 12.5 Å². The van der Waals surface area contributed by atoms with E-state index in [-0.39, 0.29) is 6.04 Å². The predicted molar refractivity (Wildman–Crippen MR) is 70.2 cm³/mol. The van der Waals surface area contributed by atoms with Crippen LogP contribution in [0.3, 0.4) is 0 Å². The fraction of sp³-hybridized carbons (Fsp3) is 0.615. The minimum absolute atomic E-state index is 0.287. The summed E-state index contributed by atoms with van der Waals surface area (Å²) in [6.07, 6.45) is 4.31. The van der Waals surface area contributed by atoms with Crippen LogP contribution in [-0.4, -0.2) is 32.3 Å². The second-order valence-electron chi connectivity index (χ2n) is 5.87. The normalized spacial score (nSPS) is 16.6. The molecule has 0 bridgehead atoms. The van der Waals surface area contributed by atoms with E-state index in [1.165, 1.54) is 6.20 Å². The molecule has 2 N–H and O–H groups in total. The van der Waals surface area contributed by atoms with Crippen LogP contribution in [0.25, 0.3) is 0 Å². The molecule has 1 saturated carbocycles. The molecule has 0 spiro atoms. The second kappa shape index (κ2) is 5.15. The summed E-state index contributed by atoms with van der Waals surface area (Å²) in [6, 6.07) is -0.872. The number of nitrogens with zero attached hydrogens (tertiary/aromatic N) is 2. The van der Waals surface area contributed by atoms with Crippen LogP contribution in [0.1, 0.15) is 51.4 Å². The van der Waals surface area contributed by atoms with Crippen molar-refractivity contribution in [3.05, 3.63) is 18.2 Å². The van der Waals surface area contributed by atoms with Gasteiger partial charge in [-0.1, -0.05) is 0 Å². The summed E-state index contributed by atoms with van der Waals surface area (Å²) in [6.45, 7) is 5.16. The Kier molecular flexibility index (Phi) is 3.69. The van der Waals surface area contributed by atoms with Crippen molar-refractivity contribution in [1.82, 2.24) is 14.9 Å². The summed E-state index contributed by atoms with van der Waals surface area (Å²) in [5, 5.41) is 11.7. The van der Waals surface area contributed by atoms with E-state index in [1.54, 1.807) is 31.7 Å². The molecule has 0 saturated heterocycles. The first-order valence-electron chi connectivity index (χ1n) is 6.52. The molecule has 110 valence electrons. The Bertz CT molecular complexity index is 514. The van der Waals surface area contributed by atoms with Gasteiger partial charge in [0, 0.05) is 6.04 Å². The van der Waals surface area contributed by atoms with Crippen LogP contribution in [-0.2, 0) is 9.53 Å². The van der Waals surface area contributed by atoms with Crippen molar-refractivity contribution < 1.29 is 19.4 Å². The summed E-state index contributed by atoms with van der Waals surface area (Å²) >= 11 is 0. The Hall–Kier alpha value is -2.05. The molecule has 1 aromatic rings. The highest BCUT2D eigenvalue weighted by Gasteiger charge is 2.32. The van der Waals surface area contributed by atoms with Gasteiger partial charge in [0.25, 0.3) is 0 Å². The highest BCUT2D eigenvalue weighted by Crippen LogP contribution is 2.36. The standard InChI is InChI=1S/C13H19N3O4/c1-13(2,3)20-12(19)15-10(11(17)18)9-6-14-7-16(9)8-4-5-8/h6-8,10H,4-5H2,1-3H3,(H,15,19)(H,17,18). The number of carboxylic acids is 1. The van der Waals surface area contributed by atoms with Crippen LogP contribution < -0.4 is 5.32 Å². The largest absolute Gasteiger partial charge is 0.479 e. The maximum absolute atomic E-state index is 11.7. The number of hydrogen-bond donors (Lipinski definition) is 2. The number of ether oxygens (including phenoxy) is 1. The molecule has 7 heteroatoms. The molecule has 1 fully saturated rings. The third kappa shape index (κ3) is 3.49. The smallest absolute Gasteiger partial charge is 0.408 e. The van der Waals surface area contributed by atoms with Crippen molar-refractivity contribution in [3.63, 3.8) is 0 Å². The maximum Gasteiger partial charge on any atom is 0.408 e. The van der Waals surface area contributed by atoms with Crippen molar-refractivity contribution >= 4 is 12.1 Å². The van der Waals surface area contributed by atoms with Crippen molar-refractivity contribution in [3.8, 4) is 0 Å². The summed E-state index contributed by atoms with van der Waals surface area (Å²) in [4.78, 5) is 27.1. The Labute approximate surface area is 116 Å². The highest BCUT2D eigenvalue weighted by molar-refractivity contribution is 5.81. The molecule has 1 heterocycles. The average molecular weight is 281 g/mol. The van der Waals surface area contributed by atoms with E-state index in [1.807, 2.05) is 0 Å². The molecule has 0 radical (unpaired) electrons. The topological polar surface area (TPSA) is 93.4 Å². The molecule has 7 nitrogen and oxygen atoms in total. The van der Waals surface area contributed by atoms with Gasteiger partial charge in [-0.2, -0.15) is 0 Å². The van der Waals surface area contributed by atoms with Crippen LogP contribution in [0.4, 0.5) is 4.79 Å². The van der Waals surface area contributed by atoms with Crippen molar-refractivity contribution in [2.75, 3.05) is 0 Å². The summed E-state index contributed by atoms with van der Waals surface area (Å²) in [5.41, 5.74) is -0.213. The first-order chi connectivity index (χ1) is 9.28. The monoisotopic (exact) mass is 281 g/mol. The third-order valence-electron chi connectivity index (χ3n) is 2.84. The zero-order valence-electron chi connectivity index (χ0n) is 11.8. The molecule has 20 heavy (non-hydrogen) atoms. The second-order valence-corrected chi connectivity index (χ2v) is 5.87. The van der Waals surface area contributed by atoms with Gasteiger partial charge in [0.15, 0.2) is 6.04 Å². The molecule has 1 atom stereocenters. The van der Waals surface area contributed by atoms with Gasteiger partial charge in [0.05, 0.1) is 18.2 Å². The number of amides is 1. The van der Waals surface area contributed by atoms with E-state index in [9.17, 15) is 14.7 Å². The molecule has 2 rings (SSSR count). The van der Waals surface area contributed by atoms with E-state index in [0.717, 1.165) is 12.8 Å². The number of carbonyl (C=O) groups is 2. The van der Waals surface area contributed by atoms with E-state index in [2.05, 4.69) is 10.3 Å². The fourth-order valence-electron chi connectivity index (χ4n) is 1.88. The number of carboxylic acid groups (broad SMARTS) is 1. The van der Waals surface area contributed by atoms with Gasteiger partial charge in [0.2, 0.25) is 0 Å². The Morgan fingerprint density at radius 1 is 1.50 bits per heavy atom. The van der Waals surface area contributed by atoms with Gasteiger partial charge in [-0.15, -0.1) is 0 Å². The molecule has 1 aromatic heterocycles. The Morgan fingerprint density at radius 3 is 2.65 bits per heavy atom. The van der Waals surface area contributed by atoms with Gasteiger partial charge in [-0.25, -0.2) is 14.6 Å². The number of aromatic nitrogens is 2. The van der Waals surface area contributed by atoms with E-state index in [0.29, 0.717) is 5.69 Å². The molecule has 0 aromatic carbocycles. The lowest BCUT2D eigenvalue weighted by atomic mass is 10.2. The van der Waals surface area contributed by atoms with Gasteiger partial charge < -0.3 is 19.7 Å². The first kappa shape index (κ1) is 14.4. The molecule has 1 aliphatic carbocycles. The maximum atomic E-state index is 11.7. The van der Waals surface area contributed by atoms with Crippen LogP contribution >= 0.6 is 0 Å². The minimum Gasteiger partial charge on any atom is -0.479 e. The zero-order valence-corrected chi connectivity index (χ0v) is 11.8. The highest BCUT2D eigenvalue weighted by atomic mass is 16.6. The lowest BCUT2D eigenvalue weighted by Gasteiger charge is -2.22. The van der Waals surface area contributed by atoms with Gasteiger partial charge >= 0.3 is 12.1 Å². The predicted octanol–water partition coefficient (Wildman–Crippen LogP) is 1.87. The fourth-order valence-corrected chi connectivity index (χ4v) is 1.88. The molecular weight excluding hydrogens is 262 g/mol. The summed E-state index contributed by atoms with van der Waals surface area (Å²) in [5.74, 6) is -1.14. The third-order valence-corrected chi connectivity index (χ3v) is 2.84. The number of carbonyl (C=O) groups excluding carboxylic acids is 1. The average Bonchev–Trinajstić information content (AvgIpc) is 3.02. The summed E-state index contributed by atoms with van der Waals surface area (Å²) in [7, 11) is 0. The first-order valence-corrected chi connectivity index (χ1v) is 6.52. The Balaban J connectivity index is 2.13. The molecule has 0 aliphatic heterocycles.